The molecule has 0 unspecified atom stereocenters. The topological polar surface area (TPSA) is 38.9 Å². The highest BCUT2D eigenvalue weighted by molar-refractivity contribution is 7.99. The van der Waals surface area contributed by atoms with Gasteiger partial charge in [0.1, 0.15) is 5.03 Å². The monoisotopic (exact) mass is 286 g/mol. The van der Waals surface area contributed by atoms with Gasteiger partial charge in [-0.25, -0.2) is 4.98 Å². The largest absolute Gasteiger partial charge is 0.330 e. The van der Waals surface area contributed by atoms with Crippen LogP contribution in [-0.4, -0.2) is 11.5 Å². The number of hydrogen-bond donors (Lipinski definition) is 1. The van der Waals surface area contributed by atoms with Gasteiger partial charge in [-0.1, -0.05) is 43.8 Å². The molecular weight excluding hydrogens is 264 g/mol. The summed E-state index contributed by atoms with van der Waals surface area (Å²) >= 11 is 1.72. The zero-order valence-electron chi connectivity index (χ0n) is 12.4. The van der Waals surface area contributed by atoms with Crippen molar-refractivity contribution in [2.75, 3.05) is 6.54 Å². The van der Waals surface area contributed by atoms with Crippen molar-refractivity contribution in [2.24, 2.45) is 5.73 Å². The number of hydrogen-bond acceptors (Lipinski definition) is 3. The minimum atomic E-state index is 0.574. The summed E-state index contributed by atoms with van der Waals surface area (Å²) in [6, 6.07) is 10.9. The molecule has 2 nitrogen and oxygen atoms in total. The van der Waals surface area contributed by atoms with E-state index in [1.54, 1.807) is 11.8 Å². The Hall–Kier alpha value is -1.32. The third-order valence-corrected chi connectivity index (χ3v) is 4.41. The van der Waals surface area contributed by atoms with Gasteiger partial charge in [0.15, 0.2) is 0 Å². The van der Waals surface area contributed by atoms with Gasteiger partial charge in [0.2, 0.25) is 0 Å². The van der Waals surface area contributed by atoms with E-state index in [1.165, 1.54) is 21.6 Å². The molecule has 0 aliphatic carbocycles. The molecule has 0 atom stereocenters. The highest BCUT2D eigenvalue weighted by Gasteiger charge is 2.05. The van der Waals surface area contributed by atoms with E-state index < -0.39 is 0 Å². The average molecular weight is 286 g/mol. The lowest BCUT2D eigenvalue weighted by atomic mass is 10.0. The smallest absolute Gasteiger partial charge is 0.104 e. The molecule has 2 rings (SSSR count). The Labute approximate surface area is 125 Å². The maximum absolute atomic E-state index is 5.58. The van der Waals surface area contributed by atoms with E-state index in [9.17, 15) is 0 Å². The molecule has 3 heteroatoms. The third kappa shape index (κ3) is 3.84. The number of benzene rings is 1. The highest BCUT2D eigenvalue weighted by Crippen LogP contribution is 2.29. The Balaban J connectivity index is 2.13. The Morgan fingerprint density at radius 2 is 1.90 bits per heavy atom. The van der Waals surface area contributed by atoms with Gasteiger partial charge in [0, 0.05) is 11.1 Å². The first-order chi connectivity index (χ1) is 9.60. The van der Waals surface area contributed by atoms with Crippen molar-refractivity contribution in [1.29, 1.82) is 0 Å². The molecule has 1 aromatic carbocycles. The second-order valence-electron chi connectivity index (χ2n) is 5.33. The van der Waals surface area contributed by atoms with Crippen LogP contribution in [0.15, 0.2) is 46.5 Å². The van der Waals surface area contributed by atoms with Gasteiger partial charge in [-0.05, 0) is 54.6 Å². The summed E-state index contributed by atoms with van der Waals surface area (Å²) in [5.41, 5.74) is 9.38. The average Bonchev–Trinajstić information content (AvgIpc) is 2.43. The van der Waals surface area contributed by atoms with E-state index in [-0.39, 0.29) is 0 Å². The van der Waals surface area contributed by atoms with Crippen molar-refractivity contribution in [3.8, 4) is 0 Å². The first-order valence-corrected chi connectivity index (χ1v) is 7.85. The van der Waals surface area contributed by atoms with Gasteiger partial charge in [0.05, 0.1) is 0 Å². The zero-order valence-corrected chi connectivity index (χ0v) is 13.2. The molecule has 0 fully saturated rings. The number of rotatable bonds is 5. The number of aromatic nitrogens is 1. The zero-order chi connectivity index (χ0) is 14.5. The van der Waals surface area contributed by atoms with Crippen LogP contribution in [0.3, 0.4) is 0 Å². The van der Waals surface area contributed by atoms with E-state index in [0.717, 1.165) is 11.4 Å². The van der Waals surface area contributed by atoms with Crippen LogP contribution in [0.2, 0.25) is 0 Å². The lowest BCUT2D eigenvalue weighted by Gasteiger charge is -2.09. The van der Waals surface area contributed by atoms with Gasteiger partial charge in [-0.3, -0.25) is 0 Å². The number of aryl methyl sites for hydroxylation is 1. The summed E-state index contributed by atoms with van der Waals surface area (Å²) in [4.78, 5) is 5.79. The molecule has 0 spiro atoms. The summed E-state index contributed by atoms with van der Waals surface area (Å²) in [6.45, 7) is 7.20. The van der Waals surface area contributed by atoms with Gasteiger partial charge < -0.3 is 5.73 Å². The predicted molar refractivity (Wildman–Crippen MR) is 86.4 cm³/mol. The molecule has 0 amide bonds. The van der Waals surface area contributed by atoms with Crippen molar-refractivity contribution in [3.05, 3.63) is 53.2 Å². The molecule has 0 saturated carbocycles. The van der Waals surface area contributed by atoms with Crippen LogP contribution in [-0.2, 0) is 6.42 Å². The minimum Gasteiger partial charge on any atom is -0.330 e. The summed E-state index contributed by atoms with van der Waals surface area (Å²) in [5, 5.41) is 1.07. The second-order valence-corrected chi connectivity index (χ2v) is 6.39. The molecular formula is C17H22N2S. The Bertz CT molecular complexity index is 562. The molecule has 2 aromatic rings. The number of nitrogens with two attached hydrogens (primary N) is 1. The van der Waals surface area contributed by atoms with E-state index in [2.05, 4.69) is 56.1 Å². The van der Waals surface area contributed by atoms with Gasteiger partial charge in [0.25, 0.3) is 0 Å². The predicted octanol–water partition coefficient (Wildman–Crippen LogP) is 4.17. The van der Waals surface area contributed by atoms with Crippen molar-refractivity contribution in [3.63, 3.8) is 0 Å². The van der Waals surface area contributed by atoms with Crippen LogP contribution >= 0.6 is 11.8 Å². The fourth-order valence-corrected chi connectivity index (χ4v) is 2.88. The van der Waals surface area contributed by atoms with Crippen molar-refractivity contribution in [1.82, 2.24) is 4.98 Å². The standard InChI is InChI=1S/C17H22N2S/c1-12(2)15-4-6-16(7-5-15)20-17-13(3)10-14(8-9-18)11-19-17/h4-7,10-12H,8-9,18H2,1-3H3. The maximum atomic E-state index is 5.58. The second kappa shape index (κ2) is 6.91. The summed E-state index contributed by atoms with van der Waals surface area (Å²) in [6.07, 6.45) is 2.83. The maximum Gasteiger partial charge on any atom is 0.104 e. The Morgan fingerprint density at radius 1 is 1.20 bits per heavy atom. The lowest BCUT2D eigenvalue weighted by molar-refractivity contribution is 0.865. The fraction of sp³-hybridized carbons (Fsp3) is 0.353. The van der Waals surface area contributed by atoms with Crippen molar-refractivity contribution >= 4 is 11.8 Å². The fourth-order valence-electron chi connectivity index (χ4n) is 2.06. The normalized spacial score (nSPS) is 11.1. The molecule has 0 aliphatic rings. The lowest BCUT2D eigenvalue weighted by Crippen LogP contribution is -2.03. The van der Waals surface area contributed by atoms with Gasteiger partial charge >= 0.3 is 0 Å². The SMILES string of the molecule is Cc1cc(CCN)cnc1Sc1ccc(C(C)C)cc1. The van der Waals surface area contributed by atoms with Crippen molar-refractivity contribution in [2.45, 2.75) is 43.0 Å². The van der Waals surface area contributed by atoms with Crippen LogP contribution in [0.4, 0.5) is 0 Å². The van der Waals surface area contributed by atoms with E-state index in [4.69, 9.17) is 5.73 Å². The first-order valence-electron chi connectivity index (χ1n) is 7.03. The molecule has 0 saturated heterocycles. The third-order valence-electron chi connectivity index (χ3n) is 3.28. The van der Waals surface area contributed by atoms with Crippen LogP contribution < -0.4 is 5.73 Å². The molecule has 1 aromatic heterocycles. The Kier molecular flexibility index (Phi) is 5.21. The molecule has 0 bridgehead atoms. The molecule has 2 N–H and O–H groups in total. The molecule has 0 radical (unpaired) electrons. The molecule has 106 valence electrons. The molecule has 1 heterocycles. The van der Waals surface area contributed by atoms with Gasteiger partial charge in [-0.2, -0.15) is 0 Å². The van der Waals surface area contributed by atoms with Crippen LogP contribution in [0.25, 0.3) is 0 Å². The van der Waals surface area contributed by atoms with E-state index >= 15 is 0 Å². The first kappa shape index (κ1) is 15.1. The molecule has 20 heavy (non-hydrogen) atoms. The molecule has 0 aliphatic heterocycles. The highest BCUT2D eigenvalue weighted by atomic mass is 32.2. The minimum absolute atomic E-state index is 0.574. The van der Waals surface area contributed by atoms with Gasteiger partial charge in [-0.15, -0.1) is 0 Å². The summed E-state index contributed by atoms with van der Waals surface area (Å²) < 4.78 is 0. The van der Waals surface area contributed by atoms with Crippen LogP contribution in [0.5, 0.6) is 0 Å². The van der Waals surface area contributed by atoms with Crippen LogP contribution in [0, 0.1) is 6.92 Å². The van der Waals surface area contributed by atoms with E-state index in [0.29, 0.717) is 12.5 Å². The Morgan fingerprint density at radius 3 is 2.45 bits per heavy atom. The quantitative estimate of drug-likeness (QED) is 0.896. The van der Waals surface area contributed by atoms with Crippen LogP contribution in [0.1, 0.15) is 36.5 Å². The van der Waals surface area contributed by atoms with E-state index in [1.807, 2.05) is 6.20 Å². The number of pyridine rings is 1. The summed E-state index contributed by atoms with van der Waals surface area (Å²) in [7, 11) is 0. The number of nitrogens with zero attached hydrogens (tertiary/aromatic N) is 1. The van der Waals surface area contributed by atoms with Crippen molar-refractivity contribution < 1.29 is 0 Å². The summed E-state index contributed by atoms with van der Waals surface area (Å²) in [5.74, 6) is 0.574.